The van der Waals surface area contributed by atoms with Crippen molar-refractivity contribution in [3.05, 3.63) is 34.0 Å². The van der Waals surface area contributed by atoms with Crippen LogP contribution in [0.3, 0.4) is 0 Å². The van der Waals surface area contributed by atoms with Gasteiger partial charge in [0, 0.05) is 40.4 Å². The van der Waals surface area contributed by atoms with Crippen molar-refractivity contribution < 1.29 is 23.8 Å². The fourth-order valence-corrected chi connectivity index (χ4v) is 4.82. The molecule has 2 heterocycles. The lowest BCUT2D eigenvalue weighted by Crippen LogP contribution is -2.39. The molecule has 1 unspecified atom stereocenters. The zero-order valence-corrected chi connectivity index (χ0v) is 18.5. The van der Waals surface area contributed by atoms with Gasteiger partial charge in [0.15, 0.2) is 17.3 Å². The van der Waals surface area contributed by atoms with Gasteiger partial charge in [-0.25, -0.2) is 0 Å². The van der Waals surface area contributed by atoms with Gasteiger partial charge < -0.3 is 14.2 Å². The van der Waals surface area contributed by atoms with Crippen molar-refractivity contribution in [2.24, 2.45) is 16.3 Å². The first-order valence-electron chi connectivity index (χ1n) is 10.3. The van der Waals surface area contributed by atoms with Crippen LogP contribution in [0.1, 0.15) is 58.4 Å². The SMILES string of the molecule is CCCOC(=O)C1C(C)=NC2=C(C(=O)CC(C)(C)C2)[C@@H]1c1cc2c(cc1Cl)OCO2. The van der Waals surface area contributed by atoms with Gasteiger partial charge in [0.05, 0.1) is 6.61 Å². The minimum absolute atomic E-state index is 0.00419. The van der Waals surface area contributed by atoms with E-state index in [1.807, 2.05) is 13.8 Å². The lowest BCUT2D eigenvalue weighted by atomic mass is 9.67. The minimum Gasteiger partial charge on any atom is -0.465 e. The Balaban J connectivity index is 1.87. The van der Waals surface area contributed by atoms with Gasteiger partial charge in [-0.1, -0.05) is 32.4 Å². The molecule has 0 saturated heterocycles. The van der Waals surface area contributed by atoms with Crippen LogP contribution in [0.2, 0.25) is 5.02 Å². The number of fused-ring (bicyclic) bond motifs is 1. The molecule has 3 aliphatic rings. The normalized spacial score (nSPS) is 24.4. The summed E-state index contributed by atoms with van der Waals surface area (Å²) in [6, 6.07) is 3.47. The van der Waals surface area contributed by atoms with Crippen LogP contribution in [0.15, 0.2) is 28.4 Å². The van der Waals surface area contributed by atoms with E-state index >= 15 is 0 Å². The summed E-state index contributed by atoms with van der Waals surface area (Å²) < 4.78 is 16.5. The van der Waals surface area contributed by atoms with Crippen molar-refractivity contribution in [1.82, 2.24) is 0 Å². The molecule has 0 fully saturated rings. The Morgan fingerprint density at radius 1 is 1.27 bits per heavy atom. The molecule has 0 saturated carbocycles. The number of halogens is 1. The molecule has 2 atom stereocenters. The van der Waals surface area contributed by atoms with Gasteiger partial charge in [-0.15, -0.1) is 0 Å². The molecule has 2 aliphatic heterocycles. The third-order valence-corrected chi connectivity index (χ3v) is 6.16. The largest absolute Gasteiger partial charge is 0.465 e. The summed E-state index contributed by atoms with van der Waals surface area (Å²) in [6.07, 6.45) is 1.78. The molecule has 0 aromatic heterocycles. The van der Waals surface area contributed by atoms with E-state index in [1.165, 1.54) is 0 Å². The smallest absolute Gasteiger partial charge is 0.315 e. The zero-order chi connectivity index (χ0) is 21.6. The van der Waals surface area contributed by atoms with Crippen molar-refractivity contribution in [2.75, 3.05) is 13.4 Å². The van der Waals surface area contributed by atoms with Gasteiger partial charge in [0.25, 0.3) is 0 Å². The molecule has 0 bridgehead atoms. The number of carbonyl (C=O) groups is 2. The Morgan fingerprint density at radius 2 is 1.97 bits per heavy atom. The number of hydrogen-bond donors (Lipinski definition) is 0. The fraction of sp³-hybridized carbons (Fsp3) is 0.522. The van der Waals surface area contributed by atoms with E-state index in [0.717, 1.165) is 5.70 Å². The third-order valence-electron chi connectivity index (χ3n) is 5.83. The van der Waals surface area contributed by atoms with Crippen LogP contribution in [-0.2, 0) is 14.3 Å². The average molecular weight is 432 g/mol. The van der Waals surface area contributed by atoms with E-state index in [1.54, 1.807) is 12.1 Å². The molecule has 0 N–H and O–H groups in total. The quantitative estimate of drug-likeness (QED) is 0.637. The number of carbonyl (C=O) groups excluding carboxylic acids is 2. The molecule has 30 heavy (non-hydrogen) atoms. The number of hydrogen-bond acceptors (Lipinski definition) is 6. The van der Waals surface area contributed by atoms with E-state index in [9.17, 15) is 9.59 Å². The second kappa shape index (κ2) is 7.73. The average Bonchev–Trinajstić information content (AvgIpc) is 3.10. The monoisotopic (exact) mass is 431 g/mol. The molecule has 0 amide bonds. The second-order valence-corrected chi connectivity index (χ2v) is 9.31. The van der Waals surface area contributed by atoms with E-state index in [-0.39, 0.29) is 24.0 Å². The molecule has 0 spiro atoms. The van der Waals surface area contributed by atoms with Gasteiger partial charge in [0.2, 0.25) is 6.79 Å². The van der Waals surface area contributed by atoms with E-state index < -0.39 is 11.8 Å². The number of nitrogens with zero attached hydrogens (tertiary/aromatic N) is 1. The van der Waals surface area contributed by atoms with Crippen LogP contribution in [0.25, 0.3) is 0 Å². The first-order chi connectivity index (χ1) is 14.2. The Bertz CT molecular complexity index is 978. The van der Waals surface area contributed by atoms with Crippen LogP contribution in [0.4, 0.5) is 0 Å². The maximum atomic E-state index is 13.3. The number of allylic oxidation sites excluding steroid dienone is 2. The van der Waals surface area contributed by atoms with Crippen LogP contribution in [0.5, 0.6) is 11.5 Å². The maximum Gasteiger partial charge on any atom is 0.315 e. The first kappa shape index (κ1) is 20.9. The van der Waals surface area contributed by atoms with E-state index in [2.05, 4.69) is 13.8 Å². The molecular weight excluding hydrogens is 406 g/mol. The zero-order valence-electron chi connectivity index (χ0n) is 17.7. The summed E-state index contributed by atoms with van der Waals surface area (Å²) >= 11 is 6.64. The Hall–Kier alpha value is -2.34. The van der Waals surface area contributed by atoms with Gasteiger partial charge in [0.1, 0.15) is 5.92 Å². The molecule has 0 radical (unpaired) electrons. The minimum atomic E-state index is -0.710. The first-order valence-corrected chi connectivity index (χ1v) is 10.7. The number of benzene rings is 1. The highest BCUT2D eigenvalue weighted by Gasteiger charge is 2.47. The number of ketones is 1. The molecule has 1 aromatic rings. The molecular formula is C23H26ClNO5. The predicted molar refractivity (Wildman–Crippen MR) is 113 cm³/mol. The third kappa shape index (κ3) is 3.62. The number of esters is 1. The van der Waals surface area contributed by atoms with E-state index in [4.69, 9.17) is 30.8 Å². The Morgan fingerprint density at radius 3 is 2.67 bits per heavy atom. The summed E-state index contributed by atoms with van der Waals surface area (Å²) in [6.45, 7) is 8.31. The number of aliphatic imine (C=N–C) groups is 1. The molecule has 4 rings (SSSR count). The number of Topliss-reactive ketones (excluding diaryl/α,β-unsaturated/α-hetero) is 1. The molecule has 1 aromatic carbocycles. The topological polar surface area (TPSA) is 74.2 Å². The highest BCUT2D eigenvalue weighted by Crippen LogP contribution is 2.51. The lowest BCUT2D eigenvalue weighted by molar-refractivity contribution is -0.146. The number of ether oxygens (including phenoxy) is 3. The van der Waals surface area contributed by atoms with Crippen molar-refractivity contribution in [3.63, 3.8) is 0 Å². The fourth-order valence-electron chi connectivity index (χ4n) is 4.55. The summed E-state index contributed by atoms with van der Waals surface area (Å²) in [5.41, 5.74) is 2.43. The predicted octanol–water partition coefficient (Wildman–Crippen LogP) is 4.84. The van der Waals surface area contributed by atoms with Crippen LogP contribution in [-0.4, -0.2) is 30.9 Å². The summed E-state index contributed by atoms with van der Waals surface area (Å²) in [4.78, 5) is 31.1. The standard InChI is InChI=1S/C23H26ClNO5/c1-5-6-28-22(27)19-12(2)25-15-9-23(3,4)10-16(26)21(15)20(19)13-7-17-18(8-14(13)24)30-11-29-17/h7-8,19-20H,5-6,9-11H2,1-4H3/t19?,20-/m1/s1. The van der Waals surface area contributed by atoms with Gasteiger partial charge in [-0.05, 0) is 36.8 Å². The summed E-state index contributed by atoms with van der Waals surface area (Å²) in [5, 5.41) is 0.428. The van der Waals surface area contributed by atoms with Crippen LogP contribution >= 0.6 is 11.6 Å². The van der Waals surface area contributed by atoms with Gasteiger partial charge >= 0.3 is 5.97 Å². The summed E-state index contributed by atoms with van der Waals surface area (Å²) in [5.74, 6) is -0.544. The summed E-state index contributed by atoms with van der Waals surface area (Å²) in [7, 11) is 0. The molecule has 1 aliphatic carbocycles. The van der Waals surface area contributed by atoms with Gasteiger partial charge in [-0.3, -0.25) is 14.6 Å². The van der Waals surface area contributed by atoms with Crippen LogP contribution < -0.4 is 9.47 Å². The van der Waals surface area contributed by atoms with Crippen molar-refractivity contribution >= 4 is 29.1 Å². The van der Waals surface area contributed by atoms with Crippen molar-refractivity contribution in [2.45, 2.75) is 52.9 Å². The van der Waals surface area contributed by atoms with Gasteiger partial charge in [-0.2, -0.15) is 0 Å². The Labute approximate surface area is 181 Å². The molecule has 160 valence electrons. The maximum absolute atomic E-state index is 13.3. The van der Waals surface area contributed by atoms with Crippen LogP contribution in [0, 0.1) is 11.3 Å². The lowest BCUT2D eigenvalue weighted by Gasteiger charge is -2.39. The highest BCUT2D eigenvalue weighted by molar-refractivity contribution is 6.32. The molecule has 7 heteroatoms. The van der Waals surface area contributed by atoms with Crippen molar-refractivity contribution in [3.8, 4) is 11.5 Å². The number of rotatable bonds is 4. The molecule has 6 nitrogen and oxygen atoms in total. The highest BCUT2D eigenvalue weighted by atomic mass is 35.5. The Kier molecular flexibility index (Phi) is 5.39. The van der Waals surface area contributed by atoms with Crippen molar-refractivity contribution in [1.29, 1.82) is 0 Å². The van der Waals surface area contributed by atoms with E-state index in [0.29, 0.717) is 59.2 Å². The second-order valence-electron chi connectivity index (χ2n) is 8.90.